The fraction of sp³-hybridized carbons (Fsp3) is 0.250. The molecule has 0 aliphatic heterocycles. The molecule has 0 aliphatic rings. The van der Waals surface area contributed by atoms with E-state index in [1.807, 2.05) is 0 Å². The summed E-state index contributed by atoms with van der Waals surface area (Å²) in [6.45, 7) is 9.72. The van der Waals surface area contributed by atoms with Crippen LogP contribution in [0.15, 0.2) is 60.7 Å². The molecule has 2 aromatic carbocycles. The molecule has 0 atom stereocenters. The molecule has 1 nitrogen and oxygen atoms in total. The first kappa shape index (κ1) is 15.4. The minimum absolute atomic E-state index is 0.442. The van der Waals surface area contributed by atoms with Gasteiger partial charge in [0.15, 0.2) is 8.96 Å². The Kier molecular flexibility index (Phi) is 5.54. The molecule has 4 heteroatoms. The van der Waals surface area contributed by atoms with Gasteiger partial charge in [0.1, 0.15) is 17.9 Å². The van der Waals surface area contributed by atoms with Gasteiger partial charge in [-0.05, 0) is 10.4 Å². The van der Waals surface area contributed by atoms with Gasteiger partial charge in [0.05, 0.1) is 0 Å². The van der Waals surface area contributed by atoms with Gasteiger partial charge in [-0.25, -0.2) is 0 Å². The van der Waals surface area contributed by atoms with Crippen molar-refractivity contribution in [1.29, 1.82) is 0 Å². The molecule has 2 aromatic rings. The highest BCUT2D eigenvalue weighted by Crippen LogP contribution is 2.06. The summed E-state index contributed by atoms with van der Waals surface area (Å²) in [7, 11) is -1.70. The summed E-state index contributed by atoms with van der Waals surface area (Å²) in [6.07, 6.45) is 0. The highest BCUT2D eigenvalue weighted by molar-refractivity contribution is 6.97. The first-order chi connectivity index (χ1) is 9.61. The van der Waals surface area contributed by atoms with Crippen LogP contribution in [0.25, 0.3) is 0 Å². The van der Waals surface area contributed by atoms with E-state index in [0.29, 0.717) is 0 Å². The van der Waals surface area contributed by atoms with Crippen LogP contribution in [-0.2, 0) is 0 Å². The molecule has 0 N–H and O–H groups in total. The predicted molar refractivity (Wildman–Crippen MR) is 94.7 cm³/mol. The monoisotopic (exact) mass is 312 g/mol. The van der Waals surface area contributed by atoms with E-state index in [1.165, 1.54) is 10.4 Å². The Hall–Kier alpha value is -0.949. The van der Waals surface area contributed by atoms with Crippen LogP contribution in [0.4, 0.5) is 0 Å². The van der Waals surface area contributed by atoms with E-state index in [2.05, 4.69) is 90.7 Å². The van der Waals surface area contributed by atoms with Crippen molar-refractivity contribution in [3.05, 3.63) is 60.7 Å². The lowest BCUT2D eigenvalue weighted by atomic mass is 10.4. The van der Waals surface area contributed by atoms with Gasteiger partial charge in [-0.2, -0.15) is 0 Å². The van der Waals surface area contributed by atoms with Crippen LogP contribution >= 0.6 is 0 Å². The van der Waals surface area contributed by atoms with E-state index in [1.54, 1.807) is 0 Å². The van der Waals surface area contributed by atoms with Crippen LogP contribution in [0.3, 0.4) is 0 Å². The van der Waals surface area contributed by atoms with Gasteiger partial charge in [-0.15, -0.1) is 0 Å². The maximum atomic E-state index is 2.88. The Labute approximate surface area is 128 Å². The van der Waals surface area contributed by atoms with E-state index in [-0.39, 0.29) is 0 Å². The van der Waals surface area contributed by atoms with Crippen molar-refractivity contribution < 1.29 is 0 Å². The summed E-state index contributed by atoms with van der Waals surface area (Å²) < 4.78 is 2.88. The third-order valence-electron chi connectivity index (χ3n) is 3.21. The van der Waals surface area contributed by atoms with Crippen LogP contribution in [0, 0.1) is 0 Å². The summed E-state index contributed by atoms with van der Waals surface area (Å²) in [4.78, 5) is 0. The quantitative estimate of drug-likeness (QED) is 0.767. The van der Waals surface area contributed by atoms with E-state index in [0.717, 1.165) is 0 Å². The van der Waals surface area contributed by atoms with Gasteiger partial charge in [0.2, 0.25) is 0 Å². The lowest BCUT2D eigenvalue weighted by Crippen LogP contribution is -2.63. The Morgan fingerprint density at radius 2 is 0.950 bits per heavy atom. The van der Waals surface area contributed by atoms with Crippen molar-refractivity contribution in [2.45, 2.75) is 26.2 Å². The standard InChI is InChI=1S/C16H22NSi3/c1-18(2)17(19(3)4)20(15-11-7-5-8-12-15)16-13-9-6-10-14-16/h5-14H,1-4H3. The molecule has 0 bridgehead atoms. The first-order valence-corrected chi connectivity index (χ1v) is 13.3. The highest BCUT2D eigenvalue weighted by Gasteiger charge is 2.30. The second kappa shape index (κ2) is 7.17. The fourth-order valence-corrected chi connectivity index (χ4v) is 13.1. The van der Waals surface area contributed by atoms with Crippen LogP contribution in [0.5, 0.6) is 0 Å². The zero-order valence-electron chi connectivity index (χ0n) is 12.7. The summed E-state index contributed by atoms with van der Waals surface area (Å²) in [5.41, 5.74) is 0. The molecular formula is C16H22NSi3. The van der Waals surface area contributed by atoms with E-state index in [9.17, 15) is 0 Å². The molecular weight excluding hydrogens is 290 g/mol. The highest BCUT2D eigenvalue weighted by atomic mass is 28.4. The first-order valence-electron chi connectivity index (χ1n) is 6.99. The molecule has 0 heterocycles. The molecule has 20 heavy (non-hydrogen) atoms. The smallest absolute Gasteiger partial charge is 0.194 e. The minimum Gasteiger partial charge on any atom is -0.364 e. The summed E-state index contributed by atoms with van der Waals surface area (Å²) in [5, 5.41) is 3.03. The van der Waals surface area contributed by atoms with Gasteiger partial charge < -0.3 is 3.90 Å². The number of benzene rings is 2. The average molecular weight is 313 g/mol. The summed E-state index contributed by atoms with van der Waals surface area (Å²) >= 11 is 0. The molecule has 0 spiro atoms. The van der Waals surface area contributed by atoms with Gasteiger partial charge >= 0.3 is 0 Å². The molecule has 2 rings (SSSR count). The molecule has 3 radical (unpaired) electrons. The fourth-order valence-electron chi connectivity index (χ4n) is 2.51. The SMILES string of the molecule is C[Si](C)N([Si](C)C)[Si](c1ccccc1)c1ccccc1. The molecule has 0 fully saturated rings. The number of nitrogens with zero attached hydrogens (tertiary/aromatic N) is 1. The van der Waals surface area contributed by atoms with Gasteiger partial charge in [-0.3, -0.25) is 0 Å². The molecule has 0 aromatic heterocycles. The number of rotatable bonds is 5. The average Bonchev–Trinajstić information content (AvgIpc) is 2.45. The molecule has 0 amide bonds. The van der Waals surface area contributed by atoms with Crippen LogP contribution in [-0.4, -0.2) is 30.8 Å². The van der Waals surface area contributed by atoms with Crippen molar-refractivity contribution in [2.75, 3.05) is 0 Å². The summed E-state index contributed by atoms with van der Waals surface area (Å²) in [6, 6.07) is 22.2. The number of hydrogen-bond acceptors (Lipinski definition) is 1. The maximum Gasteiger partial charge on any atom is 0.194 e. The van der Waals surface area contributed by atoms with Crippen molar-refractivity contribution >= 4 is 37.2 Å². The van der Waals surface area contributed by atoms with E-state index < -0.39 is 26.9 Å². The molecule has 103 valence electrons. The van der Waals surface area contributed by atoms with Gasteiger partial charge in [0.25, 0.3) is 0 Å². The molecule has 0 unspecified atom stereocenters. The second-order valence-electron chi connectivity index (χ2n) is 5.31. The summed E-state index contributed by atoms with van der Waals surface area (Å²) in [5.74, 6) is 0. The molecule has 0 aliphatic carbocycles. The zero-order valence-corrected chi connectivity index (χ0v) is 15.7. The minimum atomic E-state index is -0.813. The Bertz CT molecular complexity index is 466. The Morgan fingerprint density at radius 3 is 1.25 bits per heavy atom. The van der Waals surface area contributed by atoms with Gasteiger partial charge in [0, 0.05) is 0 Å². The molecule has 0 saturated carbocycles. The third-order valence-corrected chi connectivity index (χ3v) is 13.9. The van der Waals surface area contributed by atoms with E-state index in [4.69, 9.17) is 0 Å². The lowest BCUT2D eigenvalue weighted by Gasteiger charge is -2.36. The van der Waals surface area contributed by atoms with Crippen molar-refractivity contribution in [1.82, 2.24) is 3.90 Å². The third kappa shape index (κ3) is 3.58. The maximum absolute atomic E-state index is 2.88. The normalized spacial score (nSPS) is 11.8. The van der Waals surface area contributed by atoms with Crippen LogP contribution < -0.4 is 10.4 Å². The number of hydrogen-bond donors (Lipinski definition) is 0. The van der Waals surface area contributed by atoms with E-state index >= 15 is 0 Å². The second-order valence-corrected chi connectivity index (χ2v) is 13.6. The topological polar surface area (TPSA) is 3.24 Å². The predicted octanol–water partition coefficient (Wildman–Crippen LogP) is 2.60. The molecule has 0 saturated heterocycles. The van der Waals surface area contributed by atoms with Crippen molar-refractivity contribution in [3.63, 3.8) is 0 Å². The lowest BCUT2D eigenvalue weighted by molar-refractivity contribution is 1.02. The van der Waals surface area contributed by atoms with Gasteiger partial charge in [-0.1, -0.05) is 86.9 Å². The Balaban J connectivity index is 2.49. The zero-order chi connectivity index (χ0) is 14.5. The van der Waals surface area contributed by atoms with Crippen LogP contribution in [0.2, 0.25) is 26.2 Å². The van der Waals surface area contributed by atoms with Crippen molar-refractivity contribution in [3.8, 4) is 0 Å². The van der Waals surface area contributed by atoms with Crippen molar-refractivity contribution in [2.24, 2.45) is 0 Å². The largest absolute Gasteiger partial charge is 0.364 e. The Morgan fingerprint density at radius 1 is 0.600 bits per heavy atom. The van der Waals surface area contributed by atoms with Crippen LogP contribution in [0.1, 0.15) is 0 Å².